The number of aliphatic hydroxyl groups excluding tert-OH is 1. The molecule has 0 aliphatic carbocycles. The molecule has 1 aromatic rings. The molecule has 0 aliphatic rings. The zero-order valence-corrected chi connectivity index (χ0v) is 9.63. The largest absolute Gasteiger partial charge is 0.478 e. The first kappa shape index (κ1) is 13.0. The van der Waals surface area contributed by atoms with E-state index >= 15 is 0 Å². The highest BCUT2D eigenvalue weighted by molar-refractivity contribution is 7.99. The summed E-state index contributed by atoms with van der Waals surface area (Å²) in [5.41, 5.74) is 0.400. The summed E-state index contributed by atoms with van der Waals surface area (Å²) in [4.78, 5) is 10.6. The van der Waals surface area contributed by atoms with Crippen molar-refractivity contribution < 1.29 is 19.4 Å². The van der Waals surface area contributed by atoms with Gasteiger partial charge in [-0.05, 0) is 17.7 Å². The molecule has 1 aromatic carbocycles. The third kappa shape index (κ3) is 3.50. The maximum absolute atomic E-state index is 13.4. The first-order valence-electron chi connectivity index (χ1n) is 4.78. The lowest BCUT2D eigenvalue weighted by molar-refractivity contribution is 0.0696. The number of carboxylic acids is 1. The molecule has 2 N–H and O–H groups in total. The van der Waals surface area contributed by atoms with E-state index in [0.717, 1.165) is 6.07 Å². The Hall–Kier alpha value is -1.07. The smallest absolute Gasteiger partial charge is 0.335 e. The van der Waals surface area contributed by atoms with Crippen LogP contribution in [0.4, 0.5) is 4.39 Å². The van der Waals surface area contributed by atoms with Crippen molar-refractivity contribution in [2.45, 2.75) is 17.9 Å². The van der Waals surface area contributed by atoms with Crippen molar-refractivity contribution in [3.05, 3.63) is 35.1 Å². The van der Waals surface area contributed by atoms with Gasteiger partial charge in [-0.15, -0.1) is 0 Å². The second kappa shape index (κ2) is 5.86. The van der Waals surface area contributed by atoms with Crippen LogP contribution in [0.2, 0.25) is 0 Å². The van der Waals surface area contributed by atoms with Crippen molar-refractivity contribution in [3.8, 4) is 0 Å². The van der Waals surface area contributed by atoms with Crippen LogP contribution in [0.3, 0.4) is 0 Å². The molecule has 0 fully saturated rings. The monoisotopic (exact) mass is 244 g/mol. The van der Waals surface area contributed by atoms with Crippen LogP contribution in [0.1, 0.15) is 22.8 Å². The van der Waals surface area contributed by atoms with E-state index in [4.69, 9.17) is 10.2 Å². The van der Waals surface area contributed by atoms with Gasteiger partial charge in [0, 0.05) is 11.0 Å². The number of carbonyl (C=O) groups is 1. The summed E-state index contributed by atoms with van der Waals surface area (Å²) in [5, 5.41) is 17.5. The van der Waals surface area contributed by atoms with Crippen LogP contribution in [-0.2, 0) is 5.75 Å². The van der Waals surface area contributed by atoms with Gasteiger partial charge in [0.25, 0.3) is 0 Å². The first-order valence-corrected chi connectivity index (χ1v) is 5.83. The molecular weight excluding hydrogens is 231 g/mol. The van der Waals surface area contributed by atoms with Crippen LogP contribution in [-0.4, -0.2) is 28.0 Å². The van der Waals surface area contributed by atoms with E-state index in [2.05, 4.69) is 0 Å². The van der Waals surface area contributed by atoms with Crippen molar-refractivity contribution in [2.24, 2.45) is 0 Å². The number of aliphatic hydroxyl groups is 1. The Morgan fingerprint density at radius 1 is 1.56 bits per heavy atom. The van der Waals surface area contributed by atoms with Gasteiger partial charge in [0.1, 0.15) is 5.82 Å². The van der Waals surface area contributed by atoms with Crippen molar-refractivity contribution >= 4 is 17.7 Å². The predicted octanol–water partition coefficient (Wildman–Crippen LogP) is 2.14. The Morgan fingerprint density at radius 3 is 2.75 bits per heavy atom. The summed E-state index contributed by atoms with van der Waals surface area (Å²) in [5.74, 6) is -1.23. The molecule has 3 nitrogen and oxygen atoms in total. The molecule has 88 valence electrons. The second-order valence-electron chi connectivity index (χ2n) is 3.42. The van der Waals surface area contributed by atoms with Gasteiger partial charge in [-0.1, -0.05) is 13.0 Å². The van der Waals surface area contributed by atoms with Crippen LogP contribution >= 0.6 is 11.8 Å². The minimum atomic E-state index is -1.14. The van der Waals surface area contributed by atoms with Gasteiger partial charge < -0.3 is 10.2 Å². The topological polar surface area (TPSA) is 57.5 Å². The number of halogens is 1. The molecule has 0 aliphatic heterocycles. The van der Waals surface area contributed by atoms with Crippen LogP contribution in [0, 0.1) is 5.82 Å². The quantitative estimate of drug-likeness (QED) is 0.833. The van der Waals surface area contributed by atoms with Crippen molar-refractivity contribution in [1.29, 1.82) is 0 Å². The van der Waals surface area contributed by atoms with Gasteiger partial charge >= 0.3 is 5.97 Å². The molecular formula is C11H13FO3S. The lowest BCUT2D eigenvalue weighted by Crippen LogP contribution is -2.04. The Morgan fingerprint density at radius 2 is 2.25 bits per heavy atom. The van der Waals surface area contributed by atoms with Crippen molar-refractivity contribution in [2.75, 3.05) is 6.61 Å². The Labute approximate surface area is 97.3 Å². The summed E-state index contributed by atoms with van der Waals surface area (Å²) in [7, 11) is 0. The SMILES string of the molecule is CC(CO)SCc1ccc(C(=O)O)cc1F. The van der Waals surface area contributed by atoms with Gasteiger partial charge in [-0.2, -0.15) is 11.8 Å². The number of benzene rings is 1. The molecule has 0 aromatic heterocycles. The summed E-state index contributed by atoms with van der Waals surface area (Å²) < 4.78 is 13.4. The van der Waals surface area contributed by atoms with E-state index in [0.29, 0.717) is 11.3 Å². The Balaban J connectivity index is 2.72. The van der Waals surface area contributed by atoms with Gasteiger partial charge in [-0.3, -0.25) is 0 Å². The Kier molecular flexibility index (Phi) is 4.76. The highest BCUT2D eigenvalue weighted by Gasteiger charge is 2.09. The lowest BCUT2D eigenvalue weighted by Gasteiger charge is -2.08. The number of carboxylic acid groups (broad SMARTS) is 1. The molecule has 16 heavy (non-hydrogen) atoms. The number of hydrogen-bond acceptors (Lipinski definition) is 3. The maximum Gasteiger partial charge on any atom is 0.335 e. The molecule has 0 saturated heterocycles. The zero-order chi connectivity index (χ0) is 12.1. The lowest BCUT2D eigenvalue weighted by atomic mass is 10.1. The summed E-state index contributed by atoms with van der Waals surface area (Å²) in [6.07, 6.45) is 0. The first-order chi connectivity index (χ1) is 7.54. The molecule has 0 radical (unpaired) electrons. The zero-order valence-electron chi connectivity index (χ0n) is 8.81. The molecule has 0 bridgehead atoms. The normalized spacial score (nSPS) is 12.4. The average Bonchev–Trinajstić information content (AvgIpc) is 2.26. The van der Waals surface area contributed by atoms with Gasteiger partial charge in [0.05, 0.1) is 12.2 Å². The fraction of sp³-hybridized carbons (Fsp3) is 0.364. The molecule has 0 heterocycles. The van der Waals surface area contributed by atoms with Gasteiger partial charge in [-0.25, -0.2) is 9.18 Å². The van der Waals surface area contributed by atoms with Crippen LogP contribution < -0.4 is 0 Å². The minimum Gasteiger partial charge on any atom is -0.478 e. The van der Waals surface area contributed by atoms with Crippen LogP contribution in [0.15, 0.2) is 18.2 Å². The maximum atomic E-state index is 13.4. The van der Waals surface area contributed by atoms with E-state index in [1.54, 1.807) is 0 Å². The predicted molar refractivity (Wildman–Crippen MR) is 61.2 cm³/mol. The summed E-state index contributed by atoms with van der Waals surface area (Å²) in [6, 6.07) is 3.86. The molecule has 0 spiro atoms. The third-order valence-electron chi connectivity index (χ3n) is 2.08. The molecule has 0 amide bonds. The Bertz CT molecular complexity index is 381. The van der Waals surface area contributed by atoms with Gasteiger partial charge in [0.2, 0.25) is 0 Å². The van der Waals surface area contributed by atoms with Crippen molar-refractivity contribution in [1.82, 2.24) is 0 Å². The summed E-state index contributed by atoms with van der Waals surface area (Å²) >= 11 is 1.42. The van der Waals surface area contributed by atoms with E-state index in [1.165, 1.54) is 23.9 Å². The number of aromatic carboxylic acids is 1. The van der Waals surface area contributed by atoms with Crippen LogP contribution in [0.25, 0.3) is 0 Å². The number of rotatable bonds is 5. The molecule has 5 heteroatoms. The highest BCUT2D eigenvalue weighted by atomic mass is 32.2. The molecule has 1 atom stereocenters. The standard InChI is InChI=1S/C11H13FO3S/c1-7(5-13)16-6-9-3-2-8(11(14)15)4-10(9)12/h2-4,7,13H,5-6H2,1H3,(H,14,15). The van der Waals surface area contributed by atoms with E-state index in [9.17, 15) is 9.18 Å². The van der Waals surface area contributed by atoms with Crippen LogP contribution in [0.5, 0.6) is 0 Å². The fourth-order valence-electron chi connectivity index (χ4n) is 1.08. The summed E-state index contributed by atoms with van der Waals surface area (Å²) in [6.45, 7) is 1.88. The van der Waals surface area contributed by atoms with Crippen molar-refractivity contribution in [3.63, 3.8) is 0 Å². The fourth-order valence-corrected chi connectivity index (χ4v) is 1.89. The molecule has 0 saturated carbocycles. The highest BCUT2D eigenvalue weighted by Crippen LogP contribution is 2.20. The molecule has 1 rings (SSSR count). The third-order valence-corrected chi connectivity index (χ3v) is 3.28. The molecule has 1 unspecified atom stereocenters. The second-order valence-corrected chi connectivity index (χ2v) is 4.84. The van der Waals surface area contributed by atoms with E-state index < -0.39 is 11.8 Å². The number of hydrogen-bond donors (Lipinski definition) is 2. The number of thioether (sulfide) groups is 1. The average molecular weight is 244 g/mol. The van der Waals surface area contributed by atoms with Gasteiger partial charge in [0.15, 0.2) is 0 Å². The van der Waals surface area contributed by atoms with E-state index in [-0.39, 0.29) is 17.4 Å². The minimum absolute atomic E-state index is 0.0403. The van der Waals surface area contributed by atoms with E-state index in [1.807, 2.05) is 6.92 Å².